The van der Waals surface area contributed by atoms with Gasteiger partial charge >= 0.3 is 0 Å². The van der Waals surface area contributed by atoms with Crippen LogP contribution in [0.5, 0.6) is 5.88 Å². The van der Waals surface area contributed by atoms with Crippen molar-refractivity contribution >= 4 is 32.5 Å². The zero-order chi connectivity index (χ0) is 24.1. The number of rotatable bonds is 8. The van der Waals surface area contributed by atoms with Gasteiger partial charge in [0.1, 0.15) is 4.90 Å². The van der Waals surface area contributed by atoms with Gasteiger partial charge < -0.3 is 10.1 Å². The molecule has 1 unspecified atom stereocenters. The Balaban J connectivity index is 1.61. The lowest BCUT2D eigenvalue weighted by molar-refractivity contribution is 0.0936. The van der Waals surface area contributed by atoms with Crippen LogP contribution in [-0.2, 0) is 10.0 Å². The molecule has 2 aromatic heterocycles. The van der Waals surface area contributed by atoms with E-state index in [0.29, 0.717) is 23.2 Å². The molecule has 0 fully saturated rings. The number of carbonyl (C=O) groups is 1. The van der Waals surface area contributed by atoms with E-state index in [2.05, 4.69) is 20.0 Å². The second kappa shape index (κ2) is 9.88. The van der Waals surface area contributed by atoms with Crippen LogP contribution < -0.4 is 14.8 Å². The largest absolute Gasteiger partial charge is 0.481 e. The zero-order valence-corrected chi connectivity index (χ0v) is 19.5. The number of benzene rings is 2. The van der Waals surface area contributed by atoms with Gasteiger partial charge in [0.05, 0.1) is 29.9 Å². The van der Waals surface area contributed by atoms with Crippen molar-refractivity contribution in [2.45, 2.75) is 24.3 Å². The third-order valence-electron chi connectivity index (χ3n) is 5.39. The van der Waals surface area contributed by atoms with Gasteiger partial charge in [0.2, 0.25) is 5.88 Å². The molecular formula is C25H24N4O4S. The number of amides is 1. The lowest BCUT2D eigenvalue weighted by Gasteiger charge is -2.19. The van der Waals surface area contributed by atoms with Gasteiger partial charge in [-0.15, -0.1) is 0 Å². The van der Waals surface area contributed by atoms with Gasteiger partial charge in [0.25, 0.3) is 15.9 Å². The van der Waals surface area contributed by atoms with Crippen LogP contribution in [0.4, 0.5) is 5.69 Å². The van der Waals surface area contributed by atoms with Crippen molar-refractivity contribution in [1.29, 1.82) is 0 Å². The second-order valence-corrected chi connectivity index (χ2v) is 9.20. The van der Waals surface area contributed by atoms with Crippen molar-refractivity contribution < 1.29 is 17.9 Å². The standard InChI is InChI=1S/C25H24N4O4S/c1-3-20(18-13-14-23(33-2)27-16-18)28-25(30)19-10-4-5-11-21(19)29-34(31,32)22-12-6-8-17-9-7-15-26-24(17)22/h4-16,20,29H,3H2,1-2H3,(H,28,30). The van der Waals surface area contributed by atoms with Crippen molar-refractivity contribution in [3.05, 3.63) is 90.3 Å². The average molecular weight is 477 g/mol. The topological polar surface area (TPSA) is 110 Å². The number of aromatic nitrogens is 2. The normalized spacial score (nSPS) is 12.2. The van der Waals surface area contributed by atoms with Gasteiger partial charge in [-0.2, -0.15) is 0 Å². The highest BCUT2D eigenvalue weighted by atomic mass is 32.2. The van der Waals surface area contributed by atoms with Gasteiger partial charge in [-0.1, -0.05) is 43.3 Å². The Morgan fingerprint density at radius 1 is 1.00 bits per heavy atom. The fraction of sp³-hybridized carbons (Fsp3) is 0.160. The van der Waals surface area contributed by atoms with Crippen LogP contribution in [0.15, 0.2) is 84.0 Å². The molecule has 0 radical (unpaired) electrons. The van der Waals surface area contributed by atoms with E-state index in [1.807, 2.05) is 13.0 Å². The minimum absolute atomic E-state index is 0.0385. The van der Waals surface area contributed by atoms with Crippen molar-refractivity contribution in [1.82, 2.24) is 15.3 Å². The number of hydrogen-bond acceptors (Lipinski definition) is 6. The number of sulfonamides is 1. The number of nitrogens with zero attached hydrogens (tertiary/aromatic N) is 2. The molecule has 174 valence electrons. The molecule has 4 aromatic rings. The smallest absolute Gasteiger partial charge is 0.264 e. The Morgan fingerprint density at radius 3 is 2.53 bits per heavy atom. The SMILES string of the molecule is CCC(NC(=O)c1ccccc1NS(=O)(=O)c1cccc2cccnc12)c1ccc(OC)nc1. The highest BCUT2D eigenvalue weighted by molar-refractivity contribution is 7.93. The van der Waals surface area contributed by atoms with Gasteiger partial charge in [-0.25, -0.2) is 13.4 Å². The maximum Gasteiger partial charge on any atom is 0.264 e. The van der Waals surface area contributed by atoms with Crippen LogP contribution in [-0.4, -0.2) is 31.4 Å². The molecule has 0 aliphatic carbocycles. The Bertz CT molecular complexity index is 1420. The lowest BCUT2D eigenvalue weighted by atomic mass is 10.1. The minimum atomic E-state index is -4.01. The van der Waals surface area contributed by atoms with Crippen LogP contribution in [0.1, 0.15) is 35.3 Å². The first-order chi connectivity index (χ1) is 16.4. The van der Waals surface area contributed by atoms with E-state index in [0.717, 1.165) is 5.56 Å². The number of hydrogen-bond donors (Lipinski definition) is 2. The van der Waals surface area contributed by atoms with E-state index in [-0.39, 0.29) is 22.2 Å². The summed E-state index contributed by atoms with van der Waals surface area (Å²) in [6.45, 7) is 1.94. The van der Waals surface area contributed by atoms with Gasteiger partial charge in [-0.05, 0) is 36.2 Å². The summed E-state index contributed by atoms with van der Waals surface area (Å²) in [5, 5.41) is 3.67. The second-order valence-electron chi connectivity index (χ2n) is 7.55. The lowest BCUT2D eigenvalue weighted by Crippen LogP contribution is -2.29. The molecule has 2 aromatic carbocycles. The van der Waals surface area contributed by atoms with Crippen molar-refractivity contribution in [2.24, 2.45) is 0 Å². The highest BCUT2D eigenvalue weighted by Crippen LogP contribution is 2.26. The summed E-state index contributed by atoms with van der Waals surface area (Å²) in [6.07, 6.45) is 3.81. The molecule has 8 nitrogen and oxygen atoms in total. The zero-order valence-electron chi connectivity index (χ0n) is 18.7. The average Bonchev–Trinajstić information content (AvgIpc) is 2.87. The summed E-state index contributed by atoms with van der Waals surface area (Å²) in [5.41, 5.74) is 1.56. The first kappa shape index (κ1) is 23.2. The number of nitrogens with one attached hydrogen (secondary N) is 2. The van der Waals surface area contributed by atoms with Crippen LogP contribution >= 0.6 is 0 Å². The summed E-state index contributed by atoms with van der Waals surface area (Å²) < 4.78 is 34.2. The minimum Gasteiger partial charge on any atom is -0.481 e. The number of para-hydroxylation sites is 2. The van der Waals surface area contributed by atoms with Crippen LogP contribution in [0.2, 0.25) is 0 Å². The number of anilines is 1. The number of ether oxygens (including phenoxy) is 1. The molecule has 34 heavy (non-hydrogen) atoms. The van der Waals surface area contributed by atoms with Gasteiger partial charge in [0, 0.05) is 23.8 Å². The third-order valence-corrected chi connectivity index (χ3v) is 6.78. The van der Waals surface area contributed by atoms with Crippen molar-refractivity contribution in [3.63, 3.8) is 0 Å². The molecule has 0 saturated heterocycles. The third kappa shape index (κ3) is 4.84. The Labute approximate surface area is 198 Å². The Hall–Kier alpha value is -3.98. The molecule has 2 N–H and O–H groups in total. The maximum absolute atomic E-state index is 13.2. The molecule has 4 rings (SSSR count). The predicted molar refractivity (Wildman–Crippen MR) is 130 cm³/mol. The molecule has 0 aliphatic heterocycles. The maximum atomic E-state index is 13.2. The molecule has 1 amide bonds. The van der Waals surface area contributed by atoms with E-state index in [9.17, 15) is 13.2 Å². The summed E-state index contributed by atoms with van der Waals surface area (Å²) in [4.78, 5) is 21.6. The van der Waals surface area contributed by atoms with Crippen LogP contribution in [0.25, 0.3) is 10.9 Å². The fourth-order valence-electron chi connectivity index (χ4n) is 3.64. The summed E-state index contributed by atoms with van der Waals surface area (Å²) in [6, 6.07) is 18.2. The first-order valence-corrected chi connectivity index (χ1v) is 12.2. The van der Waals surface area contributed by atoms with Crippen LogP contribution in [0, 0.1) is 0 Å². The molecule has 1 atom stereocenters. The Morgan fingerprint density at radius 2 is 1.79 bits per heavy atom. The molecular weight excluding hydrogens is 452 g/mol. The fourth-order valence-corrected chi connectivity index (χ4v) is 4.90. The molecule has 9 heteroatoms. The summed E-state index contributed by atoms with van der Waals surface area (Å²) in [5.74, 6) is 0.0737. The molecule has 0 bridgehead atoms. The quantitative estimate of drug-likeness (QED) is 0.392. The molecule has 2 heterocycles. The highest BCUT2D eigenvalue weighted by Gasteiger charge is 2.22. The first-order valence-electron chi connectivity index (χ1n) is 10.7. The number of carbonyl (C=O) groups excluding carboxylic acids is 1. The molecule has 0 aliphatic rings. The van der Waals surface area contributed by atoms with Crippen molar-refractivity contribution in [3.8, 4) is 5.88 Å². The van der Waals surface area contributed by atoms with Crippen molar-refractivity contribution in [2.75, 3.05) is 11.8 Å². The van der Waals surface area contributed by atoms with Gasteiger partial charge in [0.15, 0.2) is 0 Å². The summed E-state index contributed by atoms with van der Waals surface area (Å²) >= 11 is 0. The van der Waals surface area contributed by atoms with E-state index >= 15 is 0 Å². The number of fused-ring (bicyclic) bond motifs is 1. The molecule has 0 saturated carbocycles. The van der Waals surface area contributed by atoms with E-state index in [1.165, 1.54) is 13.2 Å². The van der Waals surface area contributed by atoms with E-state index in [4.69, 9.17) is 4.74 Å². The van der Waals surface area contributed by atoms with E-state index < -0.39 is 15.9 Å². The number of pyridine rings is 2. The van der Waals surface area contributed by atoms with E-state index in [1.54, 1.807) is 67.0 Å². The molecule has 0 spiro atoms. The monoisotopic (exact) mass is 476 g/mol. The van der Waals surface area contributed by atoms with Gasteiger partial charge in [-0.3, -0.25) is 14.5 Å². The predicted octanol–water partition coefficient (Wildman–Crippen LogP) is 4.32. The Kier molecular flexibility index (Phi) is 6.74. The van der Waals surface area contributed by atoms with Crippen LogP contribution in [0.3, 0.4) is 0 Å². The number of methoxy groups -OCH3 is 1. The summed E-state index contributed by atoms with van der Waals surface area (Å²) in [7, 11) is -2.47.